The van der Waals surface area contributed by atoms with Crippen LogP contribution in [0.15, 0.2) is 55.0 Å². The van der Waals surface area contributed by atoms with Gasteiger partial charge in [0.05, 0.1) is 42.9 Å². The van der Waals surface area contributed by atoms with Crippen LogP contribution in [0.25, 0.3) is 21.5 Å². The third kappa shape index (κ3) is 5.56. The second-order valence-corrected chi connectivity index (χ2v) is 13.0. The molecular formula is C25H24ClF3N4O2S2. The Kier molecular flexibility index (Phi) is 7.48. The number of rotatable bonds is 6. The third-order valence-electron chi connectivity index (χ3n) is 5.70. The second kappa shape index (κ2) is 10.0. The molecule has 0 aromatic carbocycles. The van der Waals surface area contributed by atoms with Crippen molar-refractivity contribution in [2.45, 2.75) is 50.3 Å². The van der Waals surface area contributed by atoms with E-state index in [0.29, 0.717) is 28.0 Å². The van der Waals surface area contributed by atoms with Gasteiger partial charge in [-0.05, 0) is 75.0 Å². The molecule has 4 aromatic heterocycles. The maximum absolute atomic E-state index is 13.4. The molecule has 0 bridgehead atoms. The van der Waals surface area contributed by atoms with Crippen molar-refractivity contribution in [3.05, 3.63) is 76.1 Å². The van der Waals surface area contributed by atoms with Crippen LogP contribution in [-0.2, 0) is 16.6 Å². The maximum Gasteiger partial charge on any atom is 0.421 e. The highest BCUT2D eigenvalue weighted by Gasteiger charge is 2.51. The fourth-order valence-corrected chi connectivity index (χ4v) is 5.80. The molecule has 4 aromatic rings. The quantitative estimate of drug-likeness (QED) is 0.284. The lowest BCUT2D eigenvalue weighted by molar-refractivity contribution is -0.258. The summed E-state index contributed by atoms with van der Waals surface area (Å²) in [6.45, 7) is 6.23. The van der Waals surface area contributed by atoms with Crippen LogP contribution in [0.1, 0.15) is 49.9 Å². The first-order valence-electron chi connectivity index (χ1n) is 11.1. The standard InChI is InChI=1S/C25H24ClF3N4O2S2/c1-23(2,3)37(35)33-21(19-16(26)6-5-9-31-19)18-12-14-7-10-32-20(22(14)36-18)17-13-15(8-11-30-17)24(4,34)25(27,28)29/h5-13,21,33-34H,1-4H3. The molecule has 4 heterocycles. The number of alkyl halides is 3. The number of nitrogens with zero attached hydrogens (tertiary/aromatic N) is 3. The van der Waals surface area contributed by atoms with Gasteiger partial charge in [-0.1, -0.05) is 11.6 Å². The van der Waals surface area contributed by atoms with Gasteiger partial charge in [0.2, 0.25) is 0 Å². The van der Waals surface area contributed by atoms with E-state index in [9.17, 15) is 22.5 Å². The van der Waals surface area contributed by atoms with E-state index in [-0.39, 0.29) is 11.3 Å². The van der Waals surface area contributed by atoms with Crippen LogP contribution in [0, 0.1) is 0 Å². The predicted octanol–water partition coefficient (Wildman–Crippen LogP) is 6.32. The van der Waals surface area contributed by atoms with Crippen LogP contribution < -0.4 is 4.72 Å². The lowest BCUT2D eigenvalue weighted by atomic mass is 9.95. The molecule has 0 aliphatic carbocycles. The van der Waals surface area contributed by atoms with E-state index in [1.165, 1.54) is 29.8 Å². The zero-order valence-corrected chi connectivity index (χ0v) is 22.7. The Morgan fingerprint density at radius 1 is 1.03 bits per heavy atom. The molecule has 0 fully saturated rings. The number of hydrogen-bond acceptors (Lipinski definition) is 6. The monoisotopic (exact) mass is 568 g/mol. The molecule has 0 saturated carbocycles. The van der Waals surface area contributed by atoms with Crippen molar-refractivity contribution in [3.63, 3.8) is 0 Å². The van der Waals surface area contributed by atoms with Crippen molar-refractivity contribution in [2.75, 3.05) is 0 Å². The van der Waals surface area contributed by atoms with E-state index in [0.717, 1.165) is 16.3 Å². The van der Waals surface area contributed by atoms with Gasteiger partial charge in [-0.15, -0.1) is 11.3 Å². The van der Waals surface area contributed by atoms with Crippen LogP contribution in [0.3, 0.4) is 0 Å². The summed E-state index contributed by atoms with van der Waals surface area (Å²) in [5, 5.41) is 11.3. The predicted molar refractivity (Wildman–Crippen MR) is 141 cm³/mol. The number of pyridine rings is 3. The molecule has 3 atom stereocenters. The minimum atomic E-state index is -4.87. The molecule has 0 spiro atoms. The summed E-state index contributed by atoms with van der Waals surface area (Å²) < 4.78 is 56.6. The Bertz CT molecular complexity index is 1470. The summed E-state index contributed by atoms with van der Waals surface area (Å²) >= 11 is 7.77. The summed E-state index contributed by atoms with van der Waals surface area (Å²) in [4.78, 5) is 13.8. The Balaban J connectivity index is 1.84. The van der Waals surface area contributed by atoms with Crippen molar-refractivity contribution >= 4 is 44.0 Å². The molecule has 4 rings (SSSR count). The molecule has 0 saturated heterocycles. The molecule has 12 heteroatoms. The molecule has 0 amide bonds. The minimum absolute atomic E-state index is 0.180. The highest BCUT2D eigenvalue weighted by atomic mass is 35.5. The van der Waals surface area contributed by atoms with Crippen LogP contribution in [0.4, 0.5) is 13.2 Å². The van der Waals surface area contributed by atoms with Gasteiger partial charge in [0, 0.05) is 23.5 Å². The first-order chi connectivity index (χ1) is 17.2. The van der Waals surface area contributed by atoms with Gasteiger partial charge in [0.25, 0.3) is 0 Å². The lowest BCUT2D eigenvalue weighted by Crippen LogP contribution is -2.39. The van der Waals surface area contributed by atoms with Gasteiger partial charge < -0.3 is 5.11 Å². The molecular weight excluding hydrogens is 545 g/mol. The molecule has 0 aliphatic heterocycles. The fourth-order valence-electron chi connectivity index (χ4n) is 3.48. The highest BCUT2D eigenvalue weighted by Crippen LogP contribution is 2.41. The van der Waals surface area contributed by atoms with E-state index < -0.39 is 33.6 Å². The van der Waals surface area contributed by atoms with E-state index in [1.54, 1.807) is 24.4 Å². The zero-order chi connectivity index (χ0) is 27.2. The normalized spacial score (nSPS) is 15.9. The molecule has 0 radical (unpaired) electrons. The van der Waals surface area contributed by atoms with Gasteiger partial charge in [0.1, 0.15) is 5.69 Å². The summed E-state index contributed by atoms with van der Waals surface area (Å²) in [5.74, 6) is 0. The van der Waals surface area contributed by atoms with Crippen molar-refractivity contribution in [2.24, 2.45) is 0 Å². The summed E-state index contributed by atoms with van der Waals surface area (Å²) in [6.07, 6.45) is -0.527. The molecule has 0 aliphatic rings. The number of thiophene rings is 1. The van der Waals surface area contributed by atoms with Crippen molar-refractivity contribution in [1.29, 1.82) is 0 Å². The number of nitrogens with one attached hydrogen (secondary N) is 1. The molecule has 196 valence electrons. The van der Waals surface area contributed by atoms with Crippen LogP contribution in [0.5, 0.6) is 0 Å². The van der Waals surface area contributed by atoms with Crippen molar-refractivity contribution < 1.29 is 22.5 Å². The number of aliphatic hydroxyl groups is 1. The van der Waals surface area contributed by atoms with Gasteiger partial charge in [-0.2, -0.15) is 13.2 Å². The molecule has 6 nitrogen and oxygen atoms in total. The molecule has 37 heavy (non-hydrogen) atoms. The summed E-state index contributed by atoms with van der Waals surface area (Å²) in [6, 6.07) is 8.74. The average Bonchev–Trinajstić information content (AvgIpc) is 3.26. The number of halogens is 4. The van der Waals surface area contributed by atoms with E-state index in [4.69, 9.17) is 11.6 Å². The first kappa shape index (κ1) is 27.6. The lowest BCUT2D eigenvalue weighted by Gasteiger charge is -2.26. The number of hydrogen-bond donors (Lipinski definition) is 2. The maximum atomic E-state index is 13.4. The number of aromatic nitrogens is 3. The van der Waals surface area contributed by atoms with Crippen LogP contribution in [-0.4, -0.2) is 35.2 Å². The SMILES string of the molecule is CC(C)(C)S(=O)NC(c1cc2ccnc(-c3cc(C(C)(O)C(F)(F)F)ccn3)c2s1)c1ncccc1Cl. The fraction of sp³-hybridized carbons (Fsp3) is 0.320. The summed E-state index contributed by atoms with van der Waals surface area (Å²) in [7, 11) is -1.47. The zero-order valence-electron chi connectivity index (χ0n) is 20.3. The Hall–Kier alpha value is -2.44. The first-order valence-corrected chi connectivity index (χ1v) is 13.5. The van der Waals surface area contributed by atoms with E-state index in [2.05, 4.69) is 19.7 Å². The van der Waals surface area contributed by atoms with Gasteiger partial charge >= 0.3 is 6.18 Å². The van der Waals surface area contributed by atoms with Crippen molar-refractivity contribution in [3.8, 4) is 11.4 Å². The Morgan fingerprint density at radius 3 is 2.38 bits per heavy atom. The Morgan fingerprint density at radius 2 is 1.73 bits per heavy atom. The van der Waals surface area contributed by atoms with Gasteiger partial charge in [-0.3, -0.25) is 15.0 Å². The van der Waals surface area contributed by atoms with E-state index in [1.807, 2.05) is 26.8 Å². The second-order valence-electron chi connectivity index (χ2n) is 9.53. The third-order valence-corrected chi connectivity index (χ3v) is 8.80. The smallest absolute Gasteiger partial charge is 0.376 e. The van der Waals surface area contributed by atoms with Crippen molar-refractivity contribution in [1.82, 2.24) is 19.7 Å². The Labute approximate surface area is 223 Å². The van der Waals surface area contributed by atoms with Gasteiger partial charge in [0.15, 0.2) is 5.60 Å². The van der Waals surface area contributed by atoms with E-state index >= 15 is 0 Å². The highest BCUT2D eigenvalue weighted by molar-refractivity contribution is 7.84. The largest absolute Gasteiger partial charge is 0.421 e. The topological polar surface area (TPSA) is 88.0 Å². The minimum Gasteiger partial charge on any atom is -0.376 e. The van der Waals surface area contributed by atoms with Crippen LogP contribution >= 0.6 is 22.9 Å². The number of fused-ring (bicyclic) bond motifs is 1. The molecule has 3 unspecified atom stereocenters. The summed E-state index contributed by atoms with van der Waals surface area (Å²) in [5.41, 5.74) is -2.37. The van der Waals surface area contributed by atoms with Crippen LogP contribution in [0.2, 0.25) is 5.02 Å². The van der Waals surface area contributed by atoms with Gasteiger partial charge in [-0.25, -0.2) is 8.93 Å². The molecule has 2 N–H and O–H groups in total. The average molecular weight is 569 g/mol.